The summed E-state index contributed by atoms with van der Waals surface area (Å²) in [7, 11) is 0. The van der Waals surface area contributed by atoms with Crippen LogP contribution in [0.1, 0.15) is 70.6 Å². The minimum absolute atomic E-state index is 0.0936. The average Bonchev–Trinajstić information content (AvgIpc) is 2.78. The highest BCUT2D eigenvalue weighted by Crippen LogP contribution is 2.66. The Morgan fingerprint density at radius 3 is 2.25 bits per heavy atom. The van der Waals surface area contributed by atoms with Crippen molar-refractivity contribution >= 4 is 11.6 Å². The third kappa shape index (κ3) is 2.42. The third-order valence-corrected chi connectivity index (χ3v) is 6.48. The Labute approximate surface area is 144 Å². The van der Waals surface area contributed by atoms with Gasteiger partial charge in [-0.1, -0.05) is 41.5 Å². The highest BCUT2D eigenvalue weighted by molar-refractivity contribution is 6.13. The van der Waals surface area contributed by atoms with Crippen molar-refractivity contribution in [3.63, 3.8) is 0 Å². The van der Waals surface area contributed by atoms with E-state index in [0.29, 0.717) is 0 Å². The van der Waals surface area contributed by atoms with Crippen molar-refractivity contribution in [3.05, 3.63) is 23.8 Å². The molecule has 1 aromatic rings. The van der Waals surface area contributed by atoms with E-state index in [1.807, 2.05) is 6.92 Å². The number of nitrogens with zero attached hydrogens (tertiary/aromatic N) is 2. The molecular formula is C20H28N2O2. The topological polar surface area (TPSA) is 59.9 Å². The molecule has 24 heavy (non-hydrogen) atoms. The number of ketones is 2. The van der Waals surface area contributed by atoms with E-state index in [4.69, 9.17) is 0 Å². The molecular weight excluding hydrogens is 300 g/mol. The van der Waals surface area contributed by atoms with Crippen LogP contribution in [-0.4, -0.2) is 21.5 Å². The third-order valence-electron chi connectivity index (χ3n) is 6.48. The van der Waals surface area contributed by atoms with Gasteiger partial charge in [-0.05, 0) is 41.6 Å². The van der Waals surface area contributed by atoms with Crippen molar-refractivity contribution in [2.75, 3.05) is 0 Å². The van der Waals surface area contributed by atoms with Gasteiger partial charge in [-0.3, -0.25) is 9.59 Å². The first-order valence-electron chi connectivity index (χ1n) is 8.87. The van der Waals surface area contributed by atoms with Crippen LogP contribution in [-0.2, 0) is 11.2 Å². The van der Waals surface area contributed by atoms with Crippen molar-refractivity contribution in [2.24, 2.45) is 28.1 Å². The molecule has 0 aliphatic heterocycles. The SMILES string of the molecule is CC(C)(C)Cc1cnc(C(=O)C2C(=O)C3(C)CCC2C3(C)C)nc1. The van der Waals surface area contributed by atoms with Gasteiger partial charge in [0.1, 0.15) is 0 Å². The summed E-state index contributed by atoms with van der Waals surface area (Å²) in [6.45, 7) is 12.7. The summed E-state index contributed by atoms with van der Waals surface area (Å²) in [5.41, 5.74) is 0.653. The molecule has 3 rings (SSSR count). The summed E-state index contributed by atoms with van der Waals surface area (Å²) in [5, 5.41) is 0. The molecule has 0 amide bonds. The summed E-state index contributed by atoms with van der Waals surface area (Å²) >= 11 is 0. The van der Waals surface area contributed by atoms with Gasteiger partial charge in [0, 0.05) is 17.8 Å². The molecule has 0 radical (unpaired) electrons. The summed E-state index contributed by atoms with van der Waals surface area (Å²) in [6.07, 6.45) is 6.15. The van der Waals surface area contributed by atoms with E-state index in [9.17, 15) is 9.59 Å². The zero-order chi connectivity index (χ0) is 17.9. The number of aromatic nitrogens is 2. The largest absolute Gasteiger partial charge is 0.298 e. The van der Waals surface area contributed by atoms with Gasteiger partial charge in [0.25, 0.3) is 0 Å². The summed E-state index contributed by atoms with van der Waals surface area (Å²) in [5.74, 6) is -0.356. The Hall–Kier alpha value is -1.58. The van der Waals surface area contributed by atoms with Gasteiger partial charge < -0.3 is 0 Å². The van der Waals surface area contributed by atoms with E-state index in [2.05, 4.69) is 44.6 Å². The monoisotopic (exact) mass is 328 g/mol. The zero-order valence-corrected chi connectivity index (χ0v) is 15.6. The van der Waals surface area contributed by atoms with Crippen LogP contribution in [0.3, 0.4) is 0 Å². The molecule has 0 aromatic carbocycles. The van der Waals surface area contributed by atoms with Crippen molar-refractivity contribution in [1.29, 1.82) is 0 Å². The Kier molecular flexibility index (Phi) is 3.74. The zero-order valence-electron chi connectivity index (χ0n) is 15.6. The molecule has 2 fully saturated rings. The fourth-order valence-corrected chi connectivity index (χ4v) is 4.71. The maximum Gasteiger partial charge on any atom is 0.210 e. The molecule has 2 bridgehead atoms. The van der Waals surface area contributed by atoms with Crippen molar-refractivity contribution in [3.8, 4) is 0 Å². The lowest BCUT2D eigenvalue weighted by Gasteiger charge is -2.32. The van der Waals surface area contributed by atoms with E-state index < -0.39 is 5.92 Å². The Balaban J connectivity index is 1.84. The van der Waals surface area contributed by atoms with E-state index in [0.717, 1.165) is 24.8 Å². The van der Waals surface area contributed by atoms with Gasteiger partial charge in [-0.15, -0.1) is 0 Å². The Bertz CT molecular complexity index is 685. The van der Waals surface area contributed by atoms with E-state index in [-0.39, 0.29) is 39.6 Å². The minimum atomic E-state index is -0.563. The van der Waals surface area contributed by atoms with Crippen LogP contribution < -0.4 is 0 Å². The molecule has 2 aliphatic carbocycles. The van der Waals surface area contributed by atoms with Gasteiger partial charge in [0.05, 0.1) is 5.92 Å². The summed E-state index contributed by atoms with van der Waals surface area (Å²) < 4.78 is 0. The molecule has 2 saturated carbocycles. The standard InChI is InChI=1S/C20H28N2O2/c1-18(2,3)9-12-10-21-17(22-11-12)15(23)14-13-7-8-20(6,16(14)24)19(13,4)5/h10-11,13-14H,7-9H2,1-6H3. The first-order chi connectivity index (χ1) is 11.0. The fourth-order valence-electron chi connectivity index (χ4n) is 4.71. The Morgan fingerprint density at radius 1 is 1.21 bits per heavy atom. The second-order valence-electron chi connectivity index (χ2n) is 9.56. The molecule has 0 spiro atoms. The lowest BCUT2D eigenvalue weighted by Crippen LogP contribution is -2.36. The molecule has 2 aliphatic rings. The number of hydrogen-bond acceptors (Lipinski definition) is 4. The fraction of sp³-hybridized carbons (Fsp3) is 0.700. The quantitative estimate of drug-likeness (QED) is 0.624. The number of carbonyl (C=O) groups excluding carboxylic acids is 2. The molecule has 0 saturated heterocycles. The van der Waals surface area contributed by atoms with Crippen LogP contribution in [0.2, 0.25) is 0 Å². The molecule has 1 aromatic heterocycles. The molecule has 3 unspecified atom stereocenters. The average molecular weight is 328 g/mol. The summed E-state index contributed by atoms with van der Waals surface area (Å²) in [4.78, 5) is 34.4. The van der Waals surface area contributed by atoms with Gasteiger partial charge >= 0.3 is 0 Å². The first-order valence-corrected chi connectivity index (χ1v) is 8.87. The molecule has 0 N–H and O–H groups in total. The van der Waals surface area contributed by atoms with Gasteiger partial charge in [0.2, 0.25) is 5.78 Å². The number of rotatable bonds is 3. The van der Waals surface area contributed by atoms with Crippen LogP contribution >= 0.6 is 0 Å². The van der Waals surface area contributed by atoms with Crippen molar-refractivity contribution in [2.45, 2.75) is 60.8 Å². The lowest BCUT2D eigenvalue weighted by atomic mass is 9.70. The predicted octanol–water partition coefficient (Wildman–Crippen LogP) is 3.89. The number of hydrogen-bond donors (Lipinski definition) is 0. The maximum atomic E-state index is 12.9. The van der Waals surface area contributed by atoms with Crippen LogP contribution in [0.5, 0.6) is 0 Å². The minimum Gasteiger partial charge on any atom is -0.298 e. The Morgan fingerprint density at radius 2 is 1.79 bits per heavy atom. The lowest BCUT2D eigenvalue weighted by molar-refractivity contribution is -0.130. The van der Waals surface area contributed by atoms with E-state index in [1.54, 1.807) is 12.4 Å². The van der Waals surface area contributed by atoms with E-state index >= 15 is 0 Å². The van der Waals surface area contributed by atoms with Crippen LogP contribution in [0.25, 0.3) is 0 Å². The highest BCUT2D eigenvalue weighted by Gasteiger charge is 2.68. The highest BCUT2D eigenvalue weighted by atomic mass is 16.2. The number of Topliss-reactive ketones (excluding diaryl/α,β-unsaturated/α-hetero) is 2. The van der Waals surface area contributed by atoms with Crippen LogP contribution in [0.15, 0.2) is 12.4 Å². The molecule has 3 atom stereocenters. The van der Waals surface area contributed by atoms with Gasteiger partial charge in [-0.25, -0.2) is 9.97 Å². The first kappa shape index (κ1) is 17.2. The molecule has 130 valence electrons. The summed E-state index contributed by atoms with van der Waals surface area (Å²) in [6, 6.07) is 0. The normalized spacial score (nSPS) is 31.5. The molecule has 4 heteroatoms. The number of fused-ring (bicyclic) bond motifs is 2. The van der Waals surface area contributed by atoms with Crippen molar-refractivity contribution < 1.29 is 9.59 Å². The second kappa shape index (κ2) is 5.21. The molecule has 1 heterocycles. The molecule has 4 nitrogen and oxygen atoms in total. The maximum absolute atomic E-state index is 12.9. The smallest absolute Gasteiger partial charge is 0.210 e. The van der Waals surface area contributed by atoms with Crippen molar-refractivity contribution in [1.82, 2.24) is 9.97 Å². The predicted molar refractivity (Wildman–Crippen MR) is 92.6 cm³/mol. The van der Waals surface area contributed by atoms with Crippen LogP contribution in [0.4, 0.5) is 0 Å². The van der Waals surface area contributed by atoms with E-state index in [1.165, 1.54) is 0 Å². The van der Waals surface area contributed by atoms with Crippen LogP contribution in [0, 0.1) is 28.1 Å². The number of carbonyl (C=O) groups is 2. The second-order valence-corrected chi connectivity index (χ2v) is 9.56. The van der Waals surface area contributed by atoms with Gasteiger partial charge in [0.15, 0.2) is 11.6 Å². The van der Waals surface area contributed by atoms with Gasteiger partial charge in [-0.2, -0.15) is 0 Å².